The van der Waals surface area contributed by atoms with Gasteiger partial charge < -0.3 is 30.5 Å². The normalized spacial score (nSPS) is 40.0. The Morgan fingerprint density at radius 3 is 2.19 bits per heavy atom. The lowest BCUT2D eigenvalue weighted by Gasteiger charge is -2.56. The van der Waals surface area contributed by atoms with Gasteiger partial charge in [0.25, 0.3) is 0 Å². The summed E-state index contributed by atoms with van der Waals surface area (Å²) in [5.74, 6) is 2.45. The zero-order valence-corrected chi connectivity index (χ0v) is 22.2. The first-order valence-corrected chi connectivity index (χ1v) is 14.6. The van der Waals surface area contributed by atoms with Crippen LogP contribution in [0.2, 0.25) is 0 Å². The molecule has 0 spiro atoms. The fraction of sp³-hybridized carbons (Fsp3) is 0.964. The Hall–Kier alpha value is -0.770. The van der Waals surface area contributed by atoms with Gasteiger partial charge in [-0.15, -0.1) is 0 Å². The molecule has 5 rings (SSSR count). The Balaban J connectivity index is 1.21. The molecule has 5 fully saturated rings. The van der Waals surface area contributed by atoms with E-state index in [0.29, 0.717) is 18.5 Å². The number of ether oxygens (including phenoxy) is 1. The first kappa shape index (κ1) is 28.2. The average Bonchev–Trinajstić information content (AvgIpc) is 2.84. The van der Waals surface area contributed by atoms with Crippen LogP contribution in [0.5, 0.6) is 0 Å². The number of carbonyl (C=O) groups excluding carboxylic acids is 1. The summed E-state index contributed by atoms with van der Waals surface area (Å²) < 4.78 is 6.19. The summed E-state index contributed by atoms with van der Waals surface area (Å²) >= 11 is 0. The summed E-state index contributed by atoms with van der Waals surface area (Å²) in [4.78, 5) is 14.6. The second-order valence-electron chi connectivity index (χ2n) is 12.4. The van der Waals surface area contributed by atoms with Gasteiger partial charge in [-0.25, -0.2) is 0 Å². The Labute approximate surface area is 216 Å². The van der Waals surface area contributed by atoms with Gasteiger partial charge >= 0.3 is 0 Å². The average molecular weight is 511 g/mol. The second kappa shape index (κ2) is 12.9. The molecule has 0 aromatic carbocycles. The number of nitrogens with zero attached hydrogens (tertiary/aromatic N) is 1. The number of aliphatic hydroxyl groups excluding tert-OH is 4. The maximum absolute atomic E-state index is 12.9. The number of unbranched alkanes of at least 4 members (excludes halogenated alkanes) is 4. The third-order valence-electron chi connectivity index (χ3n) is 9.51. The molecule has 0 unspecified atom stereocenters. The number of piperidine rings is 1. The highest BCUT2D eigenvalue weighted by molar-refractivity contribution is 5.82. The number of carbonyl (C=O) groups is 1. The zero-order chi connectivity index (χ0) is 25.7. The Bertz CT molecular complexity index is 670. The molecule has 5 N–H and O–H groups in total. The van der Waals surface area contributed by atoms with Crippen LogP contribution in [0.1, 0.15) is 84.0 Å². The van der Waals surface area contributed by atoms with Crippen molar-refractivity contribution >= 4 is 5.91 Å². The lowest BCUT2D eigenvalue weighted by molar-refractivity contribution is -0.178. The summed E-state index contributed by atoms with van der Waals surface area (Å²) in [6, 6.07) is -1.78. The van der Waals surface area contributed by atoms with Crippen molar-refractivity contribution in [3.63, 3.8) is 0 Å². The summed E-state index contributed by atoms with van der Waals surface area (Å²) in [6.45, 7) is 4.29. The maximum atomic E-state index is 12.9. The van der Waals surface area contributed by atoms with Crippen LogP contribution < -0.4 is 5.32 Å². The molecule has 0 aromatic rings. The molecule has 0 radical (unpaired) electrons. The second-order valence-corrected chi connectivity index (χ2v) is 12.4. The molecule has 1 saturated heterocycles. The highest BCUT2D eigenvalue weighted by Gasteiger charge is 2.51. The van der Waals surface area contributed by atoms with Crippen LogP contribution in [-0.4, -0.2) is 94.5 Å². The highest BCUT2D eigenvalue weighted by Crippen LogP contribution is 2.60. The van der Waals surface area contributed by atoms with Gasteiger partial charge in [-0.05, 0) is 93.9 Å². The van der Waals surface area contributed by atoms with Gasteiger partial charge in [0.05, 0.1) is 19.3 Å². The van der Waals surface area contributed by atoms with Crippen LogP contribution in [0.25, 0.3) is 0 Å². The lowest BCUT2D eigenvalue weighted by atomic mass is 9.50. The van der Waals surface area contributed by atoms with Gasteiger partial charge in [0.1, 0.15) is 24.4 Å². The van der Waals surface area contributed by atoms with E-state index in [-0.39, 0.29) is 5.91 Å². The quantitative estimate of drug-likeness (QED) is 0.226. The summed E-state index contributed by atoms with van der Waals surface area (Å²) in [5.41, 5.74) is 0.432. The Kier molecular flexibility index (Phi) is 10.1. The molecule has 8 nitrogen and oxygen atoms in total. The molecule has 1 amide bonds. The molecule has 5 aliphatic rings. The smallest absolute Gasteiger partial charge is 0.240 e. The van der Waals surface area contributed by atoms with Crippen molar-refractivity contribution < 1.29 is 30.0 Å². The zero-order valence-electron chi connectivity index (χ0n) is 22.2. The van der Waals surface area contributed by atoms with Crippen LogP contribution in [0.15, 0.2) is 0 Å². The van der Waals surface area contributed by atoms with Gasteiger partial charge in [-0.1, -0.05) is 19.8 Å². The van der Waals surface area contributed by atoms with E-state index >= 15 is 0 Å². The first-order valence-electron chi connectivity index (χ1n) is 14.6. The van der Waals surface area contributed by atoms with Crippen LogP contribution in [0.4, 0.5) is 0 Å². The number of likely N-dealkylation sites (tertiary alicyclic amines) is 1. The molecule has 208 valence electrons. The predicted molar refractivity (Wildman–Crippen MR) is 137 cm³/mol. The van der Waals surface area contributed by atoms with E-state index in [1.165, 1.54) is 38.5 Å². The van der Waals surface area contributed by atoms with Crippen LogP contribution in [-0.2, 0) is 9.53 Å². The van der Waals surface area contributed by atoms with Gasteiger partial charge in [0, 0.05) is 13.2 Å². The van der Waals surface area contributed by atoms with E-state index in [4.69, 9.17) is 4.74 Å². The van der Waals surface area contributed by atoms with E-state index < -0.39 is 37.0 Å². The Morgan fingerprint density at radius 2 is 1.58 bits per heavy atom. The van der Waals surface area contributed by atoms with Gasteiger partial charge in [0.2, 0.25) is 5.91 Å². The molecule has 4 bridgehead atoms. The number of rotatable bonds is 14. The van der Waals surface area contributed by atoms with Crippen molar-refractivity contribution in [3.8, 4) is 0 Å². The first-order chi connectivity index (χ1) is 17.4. The maximum Gasteiger partial charge on any atom is 0.240 e. The van der Waals surface area contributed by atoms with Crippen molar-refractivity contribution in [3.05, 3.63) is 0 Å². The monoisotopic (exact) mass is 510 g/mol. The van der Waals surface area contributed by atoms with Crippen molar-refractivity contribution in [2.75, 3.05) is 32.9 Å². The van der Waals surface area contributed by atoms with E-state index in [9.17, 15) is 25.2 Å². The molecular formula is C28H50N2O6. The molecule has 8 heteroatoms. The van der Waals surface area contributed by atoms with E-state index in [1.54, 1.807) is 4.90 Å². The number of aliphatic hydroxyl groups is 4. The third-order valence-corrected chi connectivity index (χ3v) is 9.51. The third kappa shape index (κ3) is 6.44. The molecule has 4 aliphatic carbocycles. The number of hydrogen-bond donors (Lipinski definition) is 5. The van der Waals surface area contributed by atoms with Crippen molar-refractivity contribution in [2.24, 2.45) is 23.2 Å². The van der Waals surface area contributed by atoms with Gasteiger partial charge in [0.15, 0.2) is 0 Å². The molecule has 36 heavy (non-hydrogen) atoms. The van der Waals surface area contributed by atoms with E-state index in [0.717, 1.165) is 69.5 Å². The summed E-state index contributed by atoms with van der Waals surface area (Å²) in [6.07, 6.45) is 9.70. The lowest BCUT2D eigenvalue weighted by Crippen LogP contribution is -2.70. The minimum atomic E-state index is -1.47. The fourth-order valence-electron chi connectivity index (χ4n) is 8.16. The summed E-state index contributed by atoms with van der Waals surface area (Å²) in [7, 11) is 0. The van der Waals surface area contributed by atoms with E-state index in [2.05, 4.69) is 12.2 Å². The van der Waals surface area contributed by atoms with Crippen molar-refractivity contribution in [1.82, 2.24) is 10.2 Å². The van der Waals surface area contributed by atoms with Crippen molar-refractivity contribution in [2.45, 2.75) is 114 Å². The van der Waals surface area contributed by atoms with Crippen LogP contribution in [0.3, 0.4) is 0 Å². The molecular weight excluding hydrogens is 460 g/mol. The molecule has 0 aromatic heterocycles. The molecule has 5 atom stereocenters. The SMILES string of the molecule is CCCCCNC(=O)[C@H]1[C@H](O)[C@@H](O)[C@H](O)[C@H](CO)N1CCCCCOCC12CC3CC(CC(C3)C1)C2. The van der Waals surface area contributed by atoms with Gasteiger partial charge in [-0.3, -0.25) is 9.69 Å². The standard InChI is InChI=1S/C28H50N2O6/c1-2-3-5-8-29-27(35)23-25(33)26(34)24(32)22(17-31)30(23)9-6-4-7-10-36-18-28-14-19-11-20(15-28)13-21(12-19)16-28/h19-26,31-34H,2-18H2,1H3,(H,29,35)/t19?,20?,21?,22-,23+,24+,25-,26-,28?/m0/s1. The summed E-state index contributed by atoms with van der Waals surface area (Å²) in [5, 5.41) is 44.2. The predicted octanol–water partition coefficient (Wildman–Crippen LogP) is 1.82. The molecule has 1 heterocycles. The highest BCUT2D eigenvalue weighted by atomic mass is 16.5. The minimum absolute atomic E-state index is 0.359. The fourth-order valence-corrected chi connectivity index (χ4v) is 8.16. The number of hydrogen-bond acceptors (Lipinski definition) is 7. The van der Waals surface area contributed by atoms with Crippen LogP contribution in [0, 0.1) is 23.2 Å². The largest absolute Gasteiger partial charge is 0.395 e. The van der Waals surface area contributed by atoms with E-state index in [1.807, 2.05) is 0 Å². The van der Waals surface area contributed by atoms with Crippen molar-refractivity contribution in [1.29, 1.82) is 0 Å². The Morgan fingerprint density at radius 1 is 0.917 bits per heavy atom. The molecule has 1 aliphatic heterocycles. The molecule has 4 saturated carbocycles. The topological polar surface area (TPSA) is 122 Å². The van der Waals surface area contributed by atoms with Gasteiger partial charge in [-0.2, -0.15) is 0 Å². The minimum Gasteiger partial charge on any atom is -0.395 e. The number of amides is 1. The van der Waals surface area contributed by atoms with Crippen LogP contribution >= 0.6 is 0 Å². The number of nitrogens with one attached hydrogen (secondary N) is 1.